The van der Waals surface area contributed by atoms with E-state index in [4.69, 9.17) is 0 Å². The van der Waals surface area contributed by atoms with Gasteiger partial charge in [0.1, 0.15) is 0 Å². The largest absolute Gasteiger partial charge is 0.308 e. The van der Waals surface area contributed by atoms with Crippen molar-refractivity contribution in [2.45, 2.75) is 60.4 Å². The van der Waals surface area contributed by atoms with Crippen molar-refractivity contribution in [2.75, 3.05) is 6.54 Å². The van der Waals surface area contributed by atoms with Crippen LogP contribution in [-0.4, -0.2) is 12.1 Å². The zero-order chi connectivity index (χ0) is 14.6. The van der Waals surface area contributed by atoms with Crippen LogP contribution in [0.5, 0.6) is 0 Å². The molecule has 1 N–H and O–H groups in total. The summed E-state index contributed by atoms with van der Waals surface area (Å²) in [4.78, 5) is 0. The molecule has 0 fully saturated rings. The van der Waals surface area contributed by atoms with Gasteiger partial charge in [0, 0.05) is 12.1 Å². The van der Waals surface area contributed by atoms with Gasteiger partial charge in [-0.3, -0.25) is 0 Å². The van der Waals surface area contributed by atoms with Crippen LogP contribution in [-0.2, 0) is 0 Å². The summed E-state index contributed by atoms with van der Waals surface area (Å²) < 4.78 is 0. The molecule has 0 amide bonds. The molecule has 0 bridgehead atoms. The van der Waals surface area contributed by atoms with Gasteiger partial charge < -0.3 is 5.32 Å². The molecular weight excluding hydrogens is 230 g/mol. The number of benzene rings is 1. The van der Waals surface area contributed by atoms with E-state index < -0.39 is 0 Å². The normalized spacial score (nSPS) is 12.9. The Kier molecular flexibility index (Phi) is 5.37. The molecule has 0 atom stereocenters. The Morgan fingerprint density at radius 3 is 2.16 bits per heavy atom. The average Bonchev–Trinajstić information content (AvgIpc) is 2.29. The molecule has 1 rings (SSSR count). The molecule has 0 saturated carbocycles. The number of aryl methyl sites for hydroxylation is 3. The predicted octanol–water partition coefficient (Wildman–Crippen LogP) is 4.79. The maximum atomic E-state index is 3.57. The highest BCUT2D eigenvalue weighted by Gasteiger charge is 2.09. The average molecular weight is 259 g/mol. The molecule has 0 saturated heterocycles. The summed E-state index contributed by atoms with van der Waals surface area (Å²) in [5.41, 5.74) is 7.10. The highest BCUT2D eigenvalue weighted by molar-refractivity contribution is 5.59. The SMILES string of the molecule is CCC(=Cc1cc(C)c(C)cc1C)CNC(C)(C)C. The second kappa shape index (κ2) is 6.38. The summed E-state index contributed by atoms with van der Waals surface area (Å²) in [5, 5.41) is 3.57. The van der Waals surface area contributed by atoms with E-state index in [1.54, 1.807) is 0 Å². The molecule has 19 heavy (non-hydrogen) atoms. The van der Waals surface area contributed by atoms with E-state index >= 15 is 0 Å². The minimum atomic E-state index is 0.173. The standard InChI is InChI=1S/C18H29N/c1-8-16(12-19-18(5,6)7)11-17-10-14(3)13(2)9-15(17)4/h9-11,19H,8,12H2,1-7H3. The van der Waals surface area contributed by atoms with Gasteiger partial charge in [-0.1, -0.05) is 30.7 Å². The fraction of sp³-hybridized carbons (Fsp3) is 0.556. The Hall–Kier alpha value is -1.08. The van der Waals surface area contributed by atoms with Crippen molar-refractivity contribution in [3.8, 4) is 0 Å². The van der Waals surface area contributed by atoms with Crippen LogP contribution in [0, 0.1) is 20.8 Å². The van der Waals surface area contributed by atoms with Crippen LogP contribution in [0.25, 0.3) is 6.08 Å². The monoisotopic (exact) mass is 259 g/mol. The van der Waals surface area contributed by atoms with E-state index in [0.29, 0.717) is 0 Å². The van der Waals surface area contributed by atoms with Crippen LogP contribution in [0.4, 0.5) is 0 Å². The predicted molar refractivity (Wildman–Crippen MR) is 86.7 cm³/mol. The van der Waals surface area contributed by atoms with E-state index in [9.17, 15) is 0 Å². The summed E-state index contributed by atoms with van der Waals surface area (Å²) in [7, 11) is 0. The van der Waals surface area contributed by atoms with Crippen molar-refractivity contribution in [3.05, 3.63) is 40.0 Å². The molecule has 1 nitrogen and oxygen atoms in total. The van der Waals surface area contributed by atoms with Gasteiger partial charge in [-0.25, -0.2) is 0 Å². The van der Waals surface area contributed by atoms with Gasteiger partial charge in [0.15, 0.2) is 0 Å². The quantitative estimate of drug-likeness (QED) is 0.819. The Morgan fingerprint density at radius 2 is 1.63 bits per heavy atom. The Balaban J connectivity index is 2.95. The van der Waals surface area contributed by atoms with Crippen LogP contribution in [0.2, 0.25) is 0 Å². The molecule has 0 aromatic heterocycles. The van der Waals surface area contributed by atoms with Gasteiger partial charge in [0.05, 0.1) is 0 Å². The van der Waals surface area contributed by atoms with Crippen molar-refractivity contribution in [1.82, 2.24) is 5.32 Å². The van der Waals surface area contributed by atoms with E-state index in [0.717, 1.165) is 13.0 Å². The third-order valence-electron chi connectivity index (χ3n) is 3.54. The summed E-state index contributed by atoms with van der Waals surface area (Å²) >= 11 is 0. The molecule has 106 valence electrons. The molecule has 1 aromatic rings. The molecule has 1 heteroatoms. The second-order valence-electron chi connectivity index (χ2n) is 6.55. The molecule has 0 aliphatic heterocycles. The topological polar surface area (TPSA) is 12.0 Å². The first kappa shape index (κ1) is 16.0. The molecular formula is C18H29N. The summed E-state index contributed by atoms with van der Waals surface area (Å²) in [6, 6.07) is 4.59. The first-order valence-corrected chi connectivity index (χ1v) is 7.25. The Bertz CT molecular complexity index is 461. The lowest BCUT2D eigenvalue weighted by atomic mass is 9.98. The molecule has 0 heterocycles. The van der Waals surface area contributed by atoms with Crippen molar-refractivity contribution < 1.29 is 0 Å². The number of hydrogen-bond acceptors (Lipinski definition) is 1. The first-order chi connectivity index (χ1) is 8.73. The first-order valence-electron chi connectivity index (χ1n) is 7.25. The van der Waals surface area contributed by atoms with Gasteiger partial charge in [-0.2, -0.15) is 0 Å². The van der Waals surface area contributed by atoms with Gasteiger partial charge in [0.25, 0.3) is 0 Å². The van der Waals surface area contributed by atoms with Crippen LogP contribution >= 0.6 is 0 Å². The van der Waals surface area contributed by atoms with Gasteiger partial charge in [-0.05, 0) is 70.2 Å². The van der Waals surface area contributed by atoms with Crippen LogP contribution in [0.15, 0.2) is 17.7 Å². The lowest BCUT2D eigenvalue weighted by Crippen LogP contribution is -2.36. The molecule has 0 aliphatic carbocycles. The van der Waals surface area contributed by atoms with E-state index in [1.165, 1.54) is 27.8 Å². The highest BCUT2D eigenvalue weighted by atomic mass is 14.9. The number of nitrogens with one attached hydrogen (secondary N) is 1. The highest BCUT2D eigenvalue weighted by Crippen LogP contribution is 2.19. The van der Waals surface area contributed by atoms with E-state index in [2.05, 4.69) is 72.0 Å². The summed E-state index contributed by atoms with van der Waals surface area (Å²) in [6.45, 7) is 16.4. The van der Waals surface area contributed by atoms with Crippen molar-refractivity contribution in [3.63, 3.8) is 0 Å². The summed E-state index contributed by atoms with van der Waals surface area (Å²) in [6.07, 6.45) is 3.44. The second-order valence-corrected chi connectivity index (χ2v) is 6.55. The molecule has 0 aliphatic rings. The fourth-order valence-electron chi connectivity index (χ4n) is 2.02. The molecule has 0 radical (unpaired) electrons. The van der Waals surface area contributed by atoms with Crippen molar-refractivity contribution in [1.29, 1.82) is 0 Å². The van der Waals surface area contributed by atoms with Crippen LogP contribution < -0.4 is 5.32 Å². The lowest BCUT2D eigenvalue weighted by Gasteiger charge is -2.21. The minimum Gasteiger partial charge on any atom is -0.308 e. The van der Waals surface area contributed by atoms with Crippen LogP contribution in [0.3, 0.4) is 0 Å². The Labute approximate surface area is 119 Å². The van der Waals surface area contributed by atoms with Crippen molar-refractivity contribution >= 4 is 6.08 Å². The smallest absolute Gasteiger partial charge is 0.0172 e. The third-order valence-corrected chi connectivity index (χ3v) is 3.54. The van der Waals surface area contributed by atoms with E-state index in [1.807, 2.05) is 0 Å². The Morgan fingerprint density at radius 1 is 1.05 bits per heavy atom. The summed E-state index contributed by atoms with van der Waals surface area (Å²) in [5.74, 6) is 0. The molecule has 0 spiro atoms. The van der Waals surface area contributed by atoms with Gasteiger partial charge in [-0.15, -0.1) is 0 Å². The molecule has 1 aromatic carbocycles. The van der Waals surface area contributed by atoms with Gasteiger partial charge in [0.2, 0.25) is 0 Å². The zero-order valence-electron chi connectivity index (χ0n) is 13.6. The fourth-order valence-corrected chi connectivity index (χ4v) is 2.02. The van der Waals surface area contributed by atoms with Crippen molar-refractivity contribution in [2.24, 2.45) is 0 Å². The minimum absolute atomic E-state index is 0.173. The zero-order valence-corrected chi connectivity index (χ0v) is 13.6. The third kappa shape index (κ3) is 5.20. The van der Waals surface area contributed by atoms with Gasteiger partial charge >= 0.3 is 0 Å². The number of rotatable bonds is 4. The van der Waals surface area contributed by atoms with E-state index in [-0.39, 0.29) is 5.54 Å². The number of hydrogen-bond donors (Lipinski definition) is 1. The van der Waals surface area contributed by atoms with Crippen LogP contribution in [0.1, 0.15) is 56.4 Å². The maximum Gasteiger partial charge on any atom is 0.0172 e. The molecule has 0 unspecified atom stereocenters. The lowest BCUT2D eigenvalue weighted by molar-refractivity contribution is 0.443. The maximum absolute atomic E-state index is 3.57.